The Kier molecular flexibility index (Phi) is 4.29. The van der Waals surface area contributed by atoms with Crippen LogP contribution in [0.2, 0.25) is 0 Å². The first-order valence-electron chi connectivity index (χ1n) is 8.98. The summed E-state index contributed by atoms with van der Waals surface area (Å²) < 4.78 is 0. The van der Waals surface area contributed by atoms with Gasteiger partial charge in [0, 0.05) is 44.6 Å². The van der Waals surface area contributed by atoms with E-state index < -0.39 is 0 Å². The summed E-state index contributed by atoms with van der Waals surface area (Å²) in [4.78, 5) is 32.5. The third kappa shape index (κ3) is 3.06. The monoisotopic (exact) mass is 344 g/mol. The maximum atomic E-state index is 12.2. The lowest BCUT2D eigenvalue weighted by Gasteiger charge is -2.48. The Morgan fingerprint density at radius 2 is 2.16 bits per heavy atom. The van der Waals surface area contributed by atoms with Crippen molar-refractivity contribution >= 4 is 22.9 Å². The molecule has 2 N–H and O–H groups in total. The summed E-state index contributed by atoms with van der Waals surface area (Å²) in [5, 5.41) is 9.09. The summed E-state index contributed by atoms with van der Waals surface area (Å²) in [6.45, 7) is 3.40. The van der Waals surface area contributed by atoms with Gasteiger partial charge in [0.05, 0.1) is 6.33 Å². The third-order valence-corrected chi connectivity index (χ3v) is 5.50. The van der Waals surface area contributed by atoms with Crippen molar-refractivity contribution in [3.05, 3.63) is 12.7 Å². The lowest BCUT2D eigenvalue weighted by Crippen LogP contribution is -2.54. The van der Waals surface area contributed by atoms with Gasteiger partial charge in [-0.15, -0.1) is 0 Å². The predicted molar refractivity (Wildman–Crippen MR) is 93.1 cm³/mol. The van der Waals surface area contributed by atoms with Crippen LogP contribution in [0.4, 0.5) is 5.82 Å². The number of carbonyl (C=O) groups excluding carboxylic acids is 1. The minimum atomic E-state index is 0.110. The number of nitrogens with one attached hydrogen (secondary N) is 1. The van der Waals surface area contributed by atoms with Crippen LogP contribution in [-0.2, 0) is 4.79 Å². The second-order valence-corrected chi connectivity index (χ2v) is 7.22. The molecule has 0 aliphatic carbocycles. The van der Waals surface area contributed by atoms with E-state index in [0.717, 1.165) is 50.2 Å². The number of aromatic amines is 1. The Hall–Kier alpha value is -2.22. The highest BCUT2D eigenvalue weighted by molar-refractivity contribution is 5.82. The molecule has 2 saturated heterocycles. The van der Waals surface area contributed by atoms with Crippen molar-refractivity contribution in [3.63, 3.8) is 0 Å². The Labute approximate surface area is 146 Å². The molecule has 8 nitrogen and oxygen atoms in total. The number of hydrogen-bond acceptors (Lipinski definition) is 6. The standard InChI is InChI=1S/C17H24N6O2/c24-8-2-7-22-9-17(5-3-13(22)25)4-1-6-23(10-17)16-14-15(19-11-18-14)20-12-21-16/h11-12,24H,1-10H2,(H,18,19,20,21)/t17-/m1/s1. The lowest BCUT2D eigenvalue weighted by atomic mass is 9.73. The normalized spacial score (nSPS) is 24.4. The molecule has 2 aromatic heterocycles. The van der Waals surface area contributed by atoms with E-state index in [1.54, 1.807) is 12.7 Å². The van der Waals surface area contributed by atoms with Crippen LogP contribution in [0, 0.1) is 5.41 Å². The zero-order valence-corrected chi connectivity index (χ0v) is 14.3. The Morgan fingerprint density at radius 3 is 3.04 bits per heavy atom. The molecular formula is C17H24N6O2. The van der Waals surface area contributed by atoms with Crippen molar-refractivity contribution in [1.82, 2.24) is 24.8 Å². The highest BCUT2D eigenvalue weighted by Crippen LogP contribution is 2.40. The Balaban J connectivity index is 1.56. The predicted octanol–water partition coefficient (Wildman–Crippen LogP) is 0.944. The van der Waals surface area contributed by atoms with E-state index in [0.29, 0.717) is 25.0 Å². The summed E-state index contributed by atoms with van der Waals surface area (Å²) in [5.74, 6) is 1.12. The number of H-pyrrole nitrogens is 1. The number of carbonyl (C=O) groups is 1. The van der Waals surface area contributed by atoms with Gasteiger partial charge in [-0.1, -0.05) is 0 Å². The van der Waals surface area contributed by atoms with Gasteiger partial charge in [0.25, 0.3) is 0 Å². The number of nitrogens with zero attached hydrogens (tertiary/aromatic N) is 5. The van der Waals surface area contributed by atoms with E-state index in [9.17, 15) is 4.79 Å². The molecule has 134 valence electrons. The summed E-state index contributed by atoms with van der Waals surface area (Å²) in [7, 11) is 0. The summed E-state index contributed by atoms with van der Waals surface area (Å²) >= 11 is 0. The fourth-order valence-corrected chi connectivity index (χ4v) is 4.28. The molecule has 4 rings (SSSR count). The number of fused-ring (bicyclic) bond motifs is 1. The molecule has 1 atom stereocenters. The molecule has 25 heavy (non-hydrogen) atoms. The molecule has 0 saturated carbocycles. The molecule has 2 aliphatic rings. The average molecular weight is 344 g/mol. The quantitative estimate of drug-likeness (QED) is 0.857. The third-order valence-electron chi connectivity index (χ3n) is 5.50. The number of likely N-dealkylation sites (tertiary alicyclic amines) is 1. The van der Waals surface area contributed by atoms with Gasteiger partial charge in [-0.05, 0) is 25.7 Å². The van der Waals surface area contributed by atoms with Crippen molar-refractivity contribution in [3.8, 4) is 0 Å². The number of piperidine rings is 2. The molecule has 0 aromatic carbocycles. The van der Waals surface area contributed by atoms with Gasteiger partial charge >= 0.3 is 0 Å². The van der Waals surface area contributed by atoms with Crippen LogP contribution in [-0.4, -0.2) is 68.6 Å². The highest BCUT2D eigenvalue weighted by atomic mass is 16.3. The van der Waals surface area contributed by atoms with Gasteiger partial charge in [0.15, 0.2) is 11.5 Å². The first-order valence-corrected chi connectivity index (χ1v) is 8.98. The van der Waals surface area contributed by atoms with E-state index in [4.69, 9.17) is 5.11 Å². The molecule has 0 bridgehead atoms. The number of hydrogen-bond donors (Lipinski definition) is 2. The second kappa shape index (κ2) is 6.59. The van der Waals surface area contributed by atoms with Crippen LogP contribution in [0.1, 0.15) is 32.1 Å². The SMILES string of the molecule is O=C1CC[C@]2(CCCN(c3ncnc4nc[nH]c34)C2)CN1CCCO. The van der Waals surface area contributed by atoms with Gasteiger partial charge < -0.3 is 19.9 Å². The first-order chi connectivity index (χ1) is 12.2. The van der Waals surface area contributed by atoms with Crippen LogP contribution in [0.3, 0.4) is 0 Å². The van der Waals surface area contributed by atoms with E-state index >= 15 is 0 Å². The number of aliphatic hydroxyl groups is 1. The number of anilines is 1. The molecule has 0 unspecified atom stereocenters. The van der Waals surface area contributed by atoms with E-state index in [-0.39, 0.29) is 17.9 Å². The molecule has 1 spiro atoms. The van der Waals surface area contributed by atoms with Crippen molar-refractivity contribution < 1.29 is 9.90 Å². The van der Waals surface area contributed by atoms with Crippen molar-refractivity contribution in [2.75, 3.05) is 37.7 Å². The maximum Gasteiger partial charge on any atom is 0.222 e. The van der Waals surface area contributed by atoms with Gasteiger partial charge in [0.1, 0.15) is 11.8 Å². The zero-order valence-electron chi connectivity index (χ0n) is 14.3. The maximum absolute atomic E-state index is 12.2. The zero-order chi connectivity index (χ0) is 17.3. The average Bonchev–Trinajstić information content (AvgIpc) is 3.11. The van der Waals surface area contributed by atoms with Crippen molar-refractivity contribution in [2.45, 2.75) is 32.1 Å². The van der Waals surface area contributed by atoms with E-state index in [1.807, 2.05) is 4.90 Å². The van der Waals surface area contributed by atoms with Crippen LogP contribution >= 0.6 is 0 Å². The number of imidazole rings is 1. The molecule has 2 aromatic rings. The molecule has 2 aliphatic heterocycles. The summed E-state index contributed by atoms with van der Waals surface area (Å²) in [5.41, 5.74) is 1.68. The number of aromatic nitrogens is 4. The molecule has 1 amide bonds. The highest BCUT2D eigenvalue weighted by Gasteiger charge is 2.42. The van der Waals surface area contributed by atoms with E-state index in [2.05, 4.69) is 24.8 Å². The Bertz CT molecular complexity index is 762. The summed E-state index contributed by atoms with van der Waals surface area (Å²) in [6, 6.07) is 0. The minimum Gasteiger partial charge on any atom is -0.396 e. The van der Waals surface area contributed by atoms with Gasteiger partial charge in [-0.3, -0.25) is 4.79 Å². The largest absolute Gasteiger partial charge is 0.396 e. The molecule has 0 radical (unpaired) electrons. The number of amides is 1. The van der Waals surface area contributed by atoms with Crippen LogP contribution in [0.15, 0.2) is 12.7 Å². The molecular weight excluding hydrogens is 320 g/mol. The molecule has 8 heteroatoms. The first kappa shape index (κ1) is 16.3. The number of rotatable bonds is 4. The molecule has 2 fully saturated rings. The second-order valence-electron chi connectivity index (χ2n) is 7.22. The lowest BCUT2D eigenvalue weighted by molar-refractivity contribution is -0.138. The van der Waals surface area contributed by atoms with Crippen LogP contribution in [0.5, 0.6) is 0 Å². The van der Waals surface area contributed by atoms with Crippen molar-refractivity contribution in [2.24, 2.45) is 5.41 Å². The molecule has 4 heterocycles. The fourth-order valence-electron chi connectivity index (χ4n) is 4.28. The van der Waals surface area contributed by atoms with Crippen molar-refractivity contribution in [1.29, 1.82) is 0 Å². The van der Waals surface area contributed by atoms with Crippen LogP contribution < -0.4 is 4.90 Å². The Morgan fingerprint density at radius 1 is 1.24 bits per heavy atom. The van der Waals surface area contributed by atoms with Gasteiger partial charge in [-0.2, -0.15) is 0 Å². The topological polar surface area (TPSA) is 98.2 Å². The number of aliphatic hydroxyl groups excluding tert-OH is 1. The van der Waals surface area contributed by atoms with E-state index in [1.165, 1.54) is 0 Å². The summed E-state index contributed by atoms with van der Waals surface area (Å²) in [6.07, 6.45) is 7.60. The van der Waals surface area contributed by atoms with Gasteiger partial charge in [-0.25, -0.2) is 15.0 Å². The fraction of sp³-hybridized carbons (Fsp3) is 0.647. The van der Waals surface area contributed by atoms with Crippen LogP contribution in [0.25, 0.3) is 11.2 Å². The smallest absolute Gasteiger partial charge is 0.222 e. The minimum absolute atomic E-state index is 0.110. The van der Waals surface area contributed by atoms with Gasteiger partial charge in [0.2, 0.25) is 5.91 Å².